The van der Waals surface area contributed by atoms with E-state index >= 15 is 0 Å². The molecule has 1 unspecified atom stereocenters. The number of H-pyrrole nitrogens is 1. The molecule has 1 fully saturated rings. The van der Waals surface area contributed by atoms with Gasteiger partial charge in [0.05, 0.1) is 16.8 Å². The quantitative estimate of drug-likeness (QED) is 0.552. The van der Waals surface area contributed by atoms with Gasteiger partial charge in [0, 0.05) is 23.5 Å². The number of hydrogen-bond donors (Lipinski definition) is 4. The Balaban J connectivity index is 1.48. The number of benzene rings is 1. The Kier molecular flexibility index (Phi) is 4.49. The van der Waals surface area contributed by atoms with E-state index < -0.39 is 10.0 Å². The standard InChI is InChI=1S/C20H23N7O2S/c1-13-8-18(24-23-13)22-20-12-26(11-19-21-14(2)10-27(19)20)16-4-3-5-17(9-16)30(28,29)25-15-6-7-15/h3-5,8-10,12,15,25H,6-7,11H2,1-2H3,(H2,22,23,24)/p+1. The average Bonchev–Trinajstić information content (AvgIpc) is 3.27. The molecule has 3 aliphatic rings. The van der Waals surface area contributed by atoms with E-state index in [1.54, 1.807) is 18.2 Å². The largest absolute Gasteiger partial charge is 0.329 e. The summed E-state index contributed by atoms with van der Waals surface area (Å²) in [5.74, 6) is 2.53. The summed E-state index contributed by atoms with van der Waals surface area (Å²) >= 11 is 0. The van der Waals surface area contributed by atoms with Gasteiger partial charge in [0.2, 0.25) is 21.7 Å². The SMILES string of the molecule is CC1=C[NH+]2C(Nc3cc(C)[nH]n3)=CN(c3cccc(S(=O)(=O)NC4CC4)c3)CC2=N1. The highest BCUT2D eigenvalue weighted by Gasteiger charge is 2.34. The summed E-state index contributed by atoms with van der Waals surface area (Å²) in [4.78, 5) is 7.97. The Morgan fingerprint density at radius 1 is 1.23 bits per heavy atom. The zero-order valence-corrected chi connectivity index (χ0v) is 17.6. The van der Waals surface area contributed by atoms with Crippen LogP contribution in [0, 0.1) is 6.92 Å². The maximum Gasteiger partial charge on any atom is 0.240 e. The van der Waals surface area contributed by atoms with Gasteiger partial charge >= 0.3 is 0 Å². The molecular formula is C20H24N7O2S+. The van der Waals surface area contributed by atoms with Crippen molar-refractivity contribution in [2.75, 3.05) is 16.8 Å². The van der Waals surface area contributed by atoms with Crippen LogP contribution in [-0.4, -0.2) is 37.0 Å². The molecule has 2 aromatic rings. The first-order valence-corrected chi connectivity index (χ1v) is 11.4. The molecule has 1 aromatic heterocycles. The number of aromatic amines is 1. The summed E-state index contributed by atoms with van der Waals surface area (Å²) in [7, 11) is -3.52. The number of rotatable bonds is 6. The van der Waals surface area contributed by atoms with Crippen molar-refractivity contribution in [3.05, 3.63) is 59.9 Å². The van der Waals surface area contributed by atoms with Crippen LogP contribution < -0.4 is 19.8 Å². The van der Waals surface area contributed by atoms with Crippen molar-refractivity contribution in [1.82, 2.24) is 14.9 Å². The number of aromatic nitrogens is 2. The van der Waals surface area contributed by atoms with Crippen LogP contribution in [0.5, 0.6) is 0 Å². The van der Waals surface area contributed by atoms with Crippen molar-refractivity contribution in [2.24, 2.45) is 4.99 Å². The minimum absolute atomic E-state index is 0.0701. The number of aliphatic imine (C=N–C) groups is 1. The predicted molar refractivity (Wildman–Crippen MR) is 114 cm³/mol. The summed E-state index contributed by atoms with van der Waals surface area (Å²) in [5, 5.41) is 10.6. The Hall–Kier alpha value is -2.95. The van der Waals surface area contributed by atoms with E-state index in [1.165, 1.54) is 0 Å². The smallest absolute Gasteiger partial charge is 0.240 e. The topological polar surface area (TPSA) is 107 Å². The number of fused-ring (bicyclic) bond motifs is 1. The van der Waals surface area contributed by atoms with Crippen LogP contribution in [0.3, 0.4) is 0 Å². The summed E-state index contributed by atoms with van der Waals surface area (Å²) in [6.07, 6.45) is 5.83. The summed E-state index contributed by atoms with van der Waals surface area (Å²) in [5.41, 5.74) is 2.69. The molecule has 1 saturated carbocycles. The summed E-state index contributed by atoms with van der Waals surface area (Å²) in [6, 6.07) is 9.01. The molecule has 1 aliphatic carbocycles. The molecule has 4 N–H and O–H groups in total. The van der Waals surface area contributed by atoms with Gasteiger partial charge in [0.25, 0.3) is 0 Å². The van der Waals surface area contributed by atoms with Crippen molar-refractivity contribution < 1.29 is 13.3 Å². The maximum atomic E-state index is 12.6. The van der Waals surface area contributed by atoms with Gasteiger partial charge in [-0.25, -0.2) is 18.0 Å². The minimum Gasteiger partial charge on any atom is -0.329 e. The average molecular weight is 427 g/mol. The number of nitrogens with one attached hydrogen (secondary N) is 4. The van der Waals surface area contributed by atoms with Gasteiger partial charge in [-0.2, -0.15) is 10.1 Å². The van der Waals surface area contributed by atoms with Gasteiger partial charge in [-0.1, -0.05) is 6.07 Å². The molecule has 0 saturated heterocycles. The van der Waals surface area contributed by atoms with E-state index in [1.807, 2.05) is 43.3 Å². The fourth-order valence-electron chi connectivity index (χ4n) is 3.59. The molecule has 0 radical (unpaired) electrons. The molecule has 30 heavy (non-hydrogen) atoms. The number of quaternary nitrogens is 1. The van der Waals surface area contributed by atoms with Crippen molar-refractivity contribution in [3.8, 4) is 0 Å². The third kappa shape index (κ3) is 3.76. The van der Waals surface area contributed by atoms with Gasteiger partial charge in [-0.05, 0) is 44.9 Å². The van der Waals surface area contributed by atoms with Crippen LogP contribution in [0.25, 0.3) is 0 Å². The maximum absolute atomic E-state index is 12.6. The molecule has 5 rings (SSSR count). The van der Waals surface area contributed by atoms with E-state index in [2.05, 4.69) is 25.2 Å². The number of aryl methyl sites for hydroxylation is 1. The molecule has 0 spiro atoms. The number of amidine groups is 1. The lowest BCUT2D eigenvalue weighted by atomic mass is 10.2. The molecule has 156 valence electrons. The molecule has 0 amide bonds. The van der Waals surface area contributed by atoms with Crippen molar-refractivity contribution in [1.29, 1.82) is 0 Å². The Morgan fingerprint density at radius 2 is 2.07 bits per heavy atom. The lowest BCUT2D eigenvalue weighted by molar-refractivity contribution is -0.698. The van der Waals surface area contributed by atoms with E-state index in [0.717, 1.165) is 52.3 Å². The molecule has 2 aliphatic heterocycles. The molecule has 1 atom stereocenters. The second-order valence-electron chi connectivity index (χ2n) is 7.88. The number of hydrogen-bond acceptors (Lipinski definition) is 6. The zero-order valence-electron chi connectivity index (χ0n) is 16.8. The Morgan fingerprint density at radius 3 is 2.80 bits per heavy atom. The fourth-order valence-corrected chi connectivity index (χ4v) is 4.93. The highest BCUT2D eigenvalue weighted by molar-refractivity contribution is 7.89. The molecular weight excluding hydrogens is 402 g/mol. The second kappa shape index (κ2) is 7.08. The van der Waals surface area contributed by atoms with Gasteiger partial charge < -0.3 is 4.90 Å². The lowest BCUT2D eigenvalue weighted by Gasteiger charge is -2.29. The summed E-state index contributed by atoms with van der Waals surface area (Å²) in [6.45, 7) is 4.48. The third-order valence-corrected chi connectivity index (χ3v) is 6.72. The van der Waals surface area contributed by atoms with E-state index in [4.69, 9.17) is 0 Å². The summed E-state index contributed by atoms with van der Waals surface area (Å²) < 4.78 is 28.0. The van der Waals surface area contributed by atoms with E-state index in [9.17, 15) is 8.42 Å². The Bertz CT molecular complexity index is 1190. The molecule has 3 heterocycles. The van der Waals surface area contributed by atoms with Gasteiger partial charge in [-0.3, -0.25) is 10.4 Å². The minimum atomic E-state index is -3.52. The van der Waals surface area contributed by atoms with E-state index in [0.29, 0.717) is 6.54 Å². The monoisotopic (exact) mass is 426 g/mol. The van der Waals surface area contributed by atoms with Crippen molar-refractivity contribution >= 4 is 27.4 Å². The third-order valence-electron chi connectivity index (χ3n) is 5.20. The van der Waals surface area contributed by atoms with Crippen LogP contribution in [-0.2, 0) is 10.0 Å². The predicted octanol–water partition coefficient (Wildman–Crippen LogP) is 1.05. The van der Waals surface area contributed by atoms with Crippen molar-refractivity contribution in [3.63, 3.8) is 0 Å². The van der Waals surface area contributed by atoms with Gasteiger partial charge in [0.1, 0.15) is 12.7 Å². The van der Waals surface area contributed by atoms with Crippen LogP contribution in [0.2, 0.25) is 0 Å². The van der Waals surface area contributed by atoms with Gasteiger partial charge in [-0.15, -0.1) is 0 Å². The number of nitrogens with zero attached hydrogens (tertiary/aromatic N) is 3. The highest BCUT2D eigenvalue weighted by Crippen LogP contribution is 2.25. The first kappa shape index (κ1) is 19.0. The zero-order chi connectivity index (χ0) is 20.9. The van der Waals surface area contributed by atoms with Crippen LogP contribution in [0.4, 0.5) is 11.5 Å². The highest BCUT2D eigenvalue weighted by atomic mass is 32.2. The second-order valence-corrected chi connectivity index (χ2v) is 9.60. The van der Waals surface area contributed by atoms with E-state index in [-0.39, 0.29) is 10.9 Å². The number of sulfonamides is 1. The van der Waals surface area contributed by atoms with Crippen molar-refractivity contribution in [2.45, 2.75) is 37.6 Å². The fraction of sp³-hybridized carbons (Fsp3) is 0.300. The molecule has 0 bridgehead atoms. The molecule has 1 aromatic carbocycles. The number of anilines is 2. The number of allylic oxidation sites excluding steroid dienone is 1. The first-order chi connectivity index (χ1) is 14.4. The molecule has 9 nitrogen and oxygen atoms in total. The van der Waals surface area contributed by atoms with Crippen LogP contribution in [0.1, 0.15) is 25.5 Å². The lowest BCUT2D eigenvalue weighted by Crippen LogP contribution is -3.10. The first-order valence-electron chi connectivity index (χ1n) is 9.91. The van der Waals surface area contributed by atoms with Crippen LogP contribution >= 0.6 is 0 Å². The van der Waals surface area contributed by atoms with Gasteiger partial charge in [0.15, 0.2) is 5.82 Å². The normalized spacial score (nSPS) is 21.1. The van der Waals surface area contributed by atoms with Crippen LogP contribution in [0.15, 0.2) is 64.1 Å². The molecule has 10 heteroatoms. The Labute approximate surface area is 175 Å².